The zero-order valence-electron chi connectivity index (χ0n) is 18.4. The molecule has 6 aromatic rings. The SMILES string of the molecule is O=C(NCCc1nnc2ccccn12)c1nn(Cc2cccc3ccccc23)c2ccccc12. The fourth-order valence-corrected chi connectivity index (χ4v) is 4.44. The number of nitrogens with one attached hydrogen (secondary N) is 1. The molecule has 0 fully saturated rings. The van der Waals surface area contributed by atoms with Crippen LogP contribution in [0.25, 0.3) is 27.3 Å². The molecule has 0 unspecified atom stereocenters. The van der Waals surface area contributed by atoms with E-state index in [1.807, 2.05) is 69.9 Å². The van der Waals surface area contributed by atoms with Crippen LogP contribution in [0.3, 0.4) is 0 Å². The number of hydrogen-bond donors (Lipinski definition) is 1. The van der Waals surface area contributed by atoms with Crippen molar-refractivity contribution in [2.45, 2.75) is 13.0 Å². The molecule has 0 saturated carbocycles. The summed E-state index contributed by atoms with van der Waals surface area (Å²) >= 11 is 0. The van der Waals surface area contributed by atoms with Gasteiger partial charge in [-0.3, -0.25) is 13.9 Å². The second-order valence-corrected chi connectivity index (χ2v) is 8.21. The van der Waals surface area contributed by atoms with Gasteiger partial charge in [-0.25, -0.2) is 0 Å². The van der Waals surface area contributed by atoms with Gasteiger partial charge in [0.1, 0.15) is 5.82 Å². The van der Waals surface area contributed by atoms with Gasteiger partial charge in [-0.2, -0.15) is 5.10 Å². The molecule has 1 amide bonds. The van der Waals surface area contributed by atoms with Crippen molar-refractivity contribution >= 4 is 33.2 Å². The van der Waals surface area contributed by atoms with E-state index >= 15 is 0 Å². The summed E-state index contributed by atoms with van der Waals surface area (Å²) in [6.45, 7) is 1.03. The summed E-state index contributed by atoms with van der Waals surface area (Å²) in [5, 5.41) is 19.4. The lowest BCUT2D eigenvalue weighted by atomic mass is 10.0. The maximum atomic E-state index is 13.1. The highest BCUT2D eigenvalue weighted by molar-refractivity contribution is 6.04. The van der Waals surface area contributed by atoms with Crippen LogP contribution >= 0.6 is 0 Å². The highest BCUT2D eigenvalue weighted by Gasteiger charge is 2.17. The molecule has 0 bridgehead atoms. The minimum atomic E-state index is -0.193. The van der Waals surface area contributed by atoms with Crippen molar-refractivity contribution in [3.05, 3.63) is 108 Å². The molecular formula is C27H22N6O. The third-order valence-corrected chi connectivity index (χ3v) is 6.09. The Labute approximate surface area is 195 Å². The van der Waals surface area contributed by atoms with Crippen molar-refractivity contribution < 1.29 is 4.79 Å². The number of nitrogens with zero attached hydrogens (tertiary/aromatic N) is 5. The first-order valence-corrected chi connectivity index (χ1v) is 11.3. The predicted octanol–water partition coefficient (Wildman–Crippen LogP) is 4.25. The lowest BCUT2D eigenvalue weighted by molar-refractivity contribution is 0.0949. The van der Waals surface area contributed by atoms with E-state index in [2.05, 4.69) is 45.8 Å². The lowest BCUT2D eigenvalue weighted by Gasteiger charge is -2.08. The molecule has 0 aliphatic heterocycles. The number of carbonyl (C=O) groups excluding carboxylic acids is 1. The van der Waals surface area contributed by atoms with Crippen LogP contribution in [0.2, 0.25) is 0 Å². The van der Waals surface area contributed by atoms with Crippen molar-refractivity contribution in [2.24, 2.45) is 0 Å². The molecule has 0 radical (unpaired) electrons. The van der Waals surface area contributed by atoms with Gasteiger partial charge in [-0.15, -0.1) is 10.2 Å². The van der Waals surface area contributed by atoms with Crippen LogP contribution in [0.1, 0.15) is 21.9 Å². The quantitative estimate of drug-likeness (QED) is 0.415. The number of carbonyl (C=O) groups is 1. The van der Waals surface area contributed by atoms with Gasteiger partial charge in [0.15, 0.2) is 11.3 Å². The van der Waals surface area contributed by atoms with E-state index in [0.717, 1.165) is 27.9 Å². The Balaban J connectivity index is 1.25. The Bertz CT molecular complexity index is 1640. The maximum absolute atomic E-state index is 13.1. The van der Waals surface area contributed by atoms with Crippen molar-refractivity contribution in [1.82, 2.24) is 29.7 Å². The van der Waals surface area contributed by atoms with E-state index in [9.17, 15) is 4.79 Å². The molecule has 3 aromatic heterocycles. The number of aromatic nitrogens is 5. The third-order valence-electron chi connectivity index (χ3n) is 6.09. The first kappa shape index (κ1) is 20.1. The zero-order chi connectivity index (χ0) is 22.9. The summed E-state index contributed by atoms with van der Waals surface area (Å²) in [7, 11) is 0. The summed E-state index contributed by atoms with van der Waals surface area (Å²) in [6, 6.07) is 28.2. The number of hydrogen-bond acceptors (Lipinski definition) is 4. The van der Waals surface area contributed by atoms with Crippen LogP contribution in [0.4, 0.5) is 0 Å². The Morgan fingerprint density at radius 3 is 2.56 bits per heavy atom. The predicted molar refractivity (Wildman–Crippen MR) is 132 cm³/mol. The number of rotatable bonds is 6. The minimum Gasteiger partial charge on any atom is -0.350 e. The number of pyridine rings is 1. The molecule has 0 saturated heterocycles. The molecule has 3 heterocycles. The smallest absolute Gasteiger partial charge is 0.272 e. The van der Waals surface area contributed by atoms with Gasteiger partial charge < -0.3 is 5.32 Å². The molecule has 7 nitrogen and oxygen atoms in total. The first-order chi connectivity index (χ1) is 16.8. The fraction of sp³-hybridized carbons (Fsp3) is 0.111. The highest BCUT2D eigenvalue weighted by atomic mass is 16.1. The normalized spacial score (nSPS) is 11.4. The van der Waals surface area contributed by atoms with Crippen molar-refractivity contribution in [1.29, 1.82) is 0 Å². The monoisotopic (exact) mass is 446 g/mol. The minimum absolute atomic E-state index is 0.193. The van der Waals surface area contributed by atoms with Crippen LogP contribution < -0.4 is 5.32 Å². The molecule has 1 N–H and O–H groups in total. The van der Waals surface area contributed by atoms with Crippen molar-refractivity contribution in [3.63, 3.8) is 0 Å². The van der Waals surface area contributed by atoms with Gasteiger partial charge >= 0.3 is 0 Å². The topological polar surface area (TPSA) is 77.1 Å². The zero-order valence-corrected chi connectivity index (χ0v) is 18.4. The number of para-hydroxylation sites is 1. The van der Waals surface area contributed by atoms with Crippen LogP contribution in [0.15, 0.2) is 91.1 Å². The highest BCUT2D eigenvalue weighted by Crippen LogP contribution is 2.23. The Kier molecular flexibility index (Phi) is 4.99. The molecule has 0 atom stereocenters. The van der Waals surface area contributed by atoms with Crippen molar-refractivity contribution in [2.75, 3.05) is 6.54 Å². The van der Waals surface area contributed by atoms with Gasteiger partial charge in [0.2, 0.25) is 0 Å². The standard InChI is InChI=1S/C27H22N6O/c34-27(28-16-15-25-30-29-24-14-5-6-17-32(24)25)26-22-12-3-4-13-23(22)33(31-26)18-20-10-7-9-19-8-1-2-11-21(19)20/h1-14,17H,15-16,18H2,(H,28,34). The first-order valence-electron chi connectivity index (χ1n) is 11.3. The summed E-state index contributed by atoms with van der Waals surface area (Å²) in [5.41, 5.74) is 3.32. The van der Waals surface area contributed by atoms with Gasteiger partial charge in [0, 0.05) is 24.5 Å². The molecule has 7 heteroatoms. The van der Waals surface area contributed by atoms with E-state index in [0.29, 0.717) is 25.2 Å². The second kappa shape index (κ2) is 8.44. The molecule has 0 spiro atoms. The van der Waals surface area contributed by atoms with Gasteiger partial charge in [0.25, 0.3) is 5.91 Å². The van der Waals surface area contributed by atoms with E-state index in [4.69, 9.17) is 5.10 Å². The maximum Gasteiger partial charge on any atom is 0.272 e. The molecule has 0 aliphatic carbocycles. The van der Waals surface area contributed by atoms with Crippen LogP contribution in [-0.2, 0) is 13.0 Å². The van der Waals surface area contributed by atoms with Crippen molar-refractivity contribution in [3.8, 4) is 0 Å². The van der Waals surface area contributed by atoms with Crippen LogP contribution in [-0.4, -0.2) is 36.8 Å². The molecular weight excluding hydrogens is 424 g/mol. The summed E-state index contributed by atoms with van der Waals surface area (Å²) in [5.74, 6) is 0.615. The van der Waals surface area contributed by atoms with E-state index < -0.39 is 0 Å². The number of benzene rings is 3. The largest absolute Gasteiger partial charge is 0.350 e. The lowest BCUT2D eigenvalue weighted by Crippen LogP contribution is -2.27. The molecule has 0 aliphatic rings. The van der Waals surface area contributed by atoms with Crippen LogP contribution in [0, 0.1) is 0 Å². The van der Waals surface area contributed by atoms with Gasteiger partial charge in [-0.1, -0.05) is 66.7 Å². The fourth-order valence-electron chi connectivity index (χ4n) is 4.44. The van der Waals surface area contributed by atoms with E-state index in [-0.39, 0.29) is 5.91 Å². The Hall–Kier alpha value is -4.52. The Morgan fingerprint density at radius 2 is 1.62 bits per heavy atom. The Morgan fingerprint density at radius 1 is 0.824 bits per heavy atom. The number of fused-ring (bicyclic) bond motifs is 3. The van der Waals surface area contributed by atoms with E-state index in [1.165, 1.54) is 10.8 Å². The van der Waals surface area contributed by atoms with E-state index in [1.54, 1.807) is 0 Å². The summed E-state index contributed by atoms with van der Waals surface area (Å²) < 4.78 is 3.85. The molecule has 3 aromatic carbocycles. The molecule has 34 heavy (non-hydrogen) atoms. The number of amides is 1. The van der Waals surface area contributed by atoms with Gasteiger partial charge in [-0.05, 0) is 34.5 Å². The average molecular weight is 447 g/mol. The van der Waals surface area contributed by atoms with Gasteiger partial charge in [0.05, 0.1) is 12.1 Å². The third kappa shape index (κ3) is 3.57. The molecule has 166 valence electrons. The van der Waals surface area contributed by atoms with Crippen LogP contribution in [0.5, 0.6) is 0 Å². The second-order valence-electron chi connectivity index (χ2n) is 8.21. The summed E-state index contributed by atoms with van der Waals surface area (Å²) in [4.78, 5) is 13.1. The molecule has 6 rings (SSSR count). The average Bonchev–Trinajstić information content (AvgIpc) is 3.46. The summed E-state index contributed by atoms with van der Waals surface area (Å²) in [6.07, 6.45) is 2.50.